The van der Waals surface area contributed by atoms with Crippen molar-refractivity contribution < 1.29 is 14.5 Å². The summed E-state index contributed by atoms with van der Waals surface area (Å²) < 4.78 is 4.98. The van der Waals surface area contributed by atoms with Gasteiger partial charge in [-0.1, -0.05) is 0 Å². The Kier molecular flexibility index (Phi) is 4.28. The van der Waals surface area contributed by atoms with Crippen LogP contribution in [0.4, 0.5) is 11.4 Å². The van der Waals surface area contributed by atoms with Crippen LogP contribution in [-0.2, 0) is 4.79 Å². The molecule has 1 atom stereocenters. The highest BCUT2D eigenvalue weighted by molar-refractivity contribution is 6.32. The van der Waals surface area contributed by atoms with Crippen LogP contribution in [0.25, 0.3) is 0 Å². The minimum absolute atomic E-state index is 0.136. The van der Waals surface area contributed by atoms with Gasteiger partial charge in [0, 0.05) is 12.1 Å². The number of nitro benzene ring substituents is 1. The molecule has 0 spiro atoms. The van der Waals surface area contributed by atoms with Gasteiger partial charge in [0.05, 0.1) is 17.7 Å². The molecular weight excluding hydrogens is 248 g/mol. The number of hydrogen-bond donors (Lipinski definition) is 1. The van der Waals surface area contributed by atoms with Gasteiger partial charge in [-0.2, -0.15) is 0 Å². The van der Waals surface area contributed by atoms with E-state index in [0.29, 0.717) is 5.75 Å². The Balaban J connectivity index is 3.06. The summed E-state index contributed by atoms with van der Waals surface area (Å²) in [5.41, 5.74) is 0.0857. The van der Waals surface area contributed by atoms with Crippen LogP contribution >= 0.6 is 11.6 Å². The average molecular weight is 259 g/mol. The molecule has 1 aromatic rings. The number of nitro groups is 1. The van der Waals surface area contributed by atoms with Crippen LogP contribution in [0.1, 0.15) is 6.92 Å². The summed E-state index contributed by atoms with van der Waals surface area (Å²) in [5, 5.41) is 12.3. The molecule has 0 aliphatic carbocycles. The highest BCUT2D eigenvalue weighted by Crippen LogP contribution is 2.29. The molecule has 0 unspecified atom stereocenters. The molecule has 1 amide bonds. The van der Waals surface area contributed by atoms with Gasteiger partial charge in [-0.25, -0.2) is 0 Å². The number of amides is 1. The number of carbonyl (C=O) groups excluding carboxylic acids is 1. The van der Waals surface area contributed by atoms with Crippen LogP contribution in [0, 0.1) is 10.1 Å². The van der Waals surface area contributed by atoms with E-state index < -0.39 is 16.2 Å². The van der Waals surface area contributed by atoms with Crippen LogP contribution < -0.4 is 10.1 Å². The molecule has 1 aromatic carbocycles. The minimum Gasteiger partial charge on any atom is -0.495 e. The molecule has 0 aromatic heterocycles. The maximum absolute atomic E-state index is 11.4. The van der Waals surface area contributed by atoms with E-state index in [1.54, 1.807) is 0 Å². The number of non-ortho nitro benzene ring substituents is 1. The van der Waals surface area contributed by atoms with Crippen LogP contribution in [-0.4, -0.2) is 23.3 Å². The van der Waals surface area contributed by atoms with Crippen molar-refractivity contribution in [3.8, 4) is 5.75 Å². The van der Waals surface area contributed by atoms with Gasteiger partial charge < -0.3 is 10.1 Å². The first-order chi connectivity index (χ1) is 7.95. The molecule has 1 rings (SSSR count). The molecular formula is C10H11ClN2O4. The molecule has 0 aliphatic heterocycles. The van der Waals surface area contributed by atoms with Gasteiger partial charge >= 0.3 is 0 Å². The Morgan fingerprint density at radius 1 is 1.59 bits per heavy atom. The molecule has 0 saturated carbocycles. The smallest absolute Gasteiger partial charge is 0.271 e. The average Bonchev–Trinajstić information content (AvgIpc) is 2.28. The number of anilines is 1. The van der Waals surface area contributed by atoms with E-state index >= 15 is 0 Å². The maximum atomic E-state index is 11.4. The highest BCUT2D eigenvalue weighted by Gasteiger charge is 2.15. The Morgan fingerprint density at radius 3 is 2.71 bits per heavy atom. The summed E-state index contributed by atoms with van der Waals surface area (Å²) in [5.74, 6) is -0.119. The van der Waals surface area contributed by atoms with E-state index in [9.17, 15) is 14.9 Å². The Hall–Kier alpha value is -1.82. The lowest BCUT2D eigenvalue weighted by Gasteiger charge is -2.10. The normalized spacial score (nSPS) is 11.7. The van der Waals surface area contributed by atoms with Crippen molar-refractivity contribution in [2.45, 2.75) is 12.3 Å². The number of ether oxygens (including phenoxy) is 1. The molecule has 0 saturated heterocycles. The molecule has 0 bridgehead atoms. The van der Waals surface area contributed by atoms with Crippen molar-refractivity contribution in [2.24, 2.45) is 0 Å². The van der Waals surface area contributed by atoms with Crippen LogP contribution in [0.15, 0.2) is 18.2 Å². The Bertz CT molecular complexity index is 448. The fraction of sp³-hybridized carbons (Fsp3) is 0.300. The number of benzene rings is 1. The van der Waals surface area contributed by atoms with E-state index in [2.05, 4.69) is 5.32 Å². The molecule has 17 heavy (non-hydrogen) atoms. The third-order valence-corrected chi connectivity index (χ3v) is 2.21. The molecule has 6 nitrogen and oxygen atoms in total. The number of halogens is 1. The van der Waals surface area contributed by atoms with E-state index in [4.69, 9.17) is 16.3 Å². The van der Waals surface area contributed by atoms with Gasteiger partial charge in [0.15, 0.2) is 0 Å². The standard InChI is InChI=1S/C10H11ClN2O4/c1-6(11)10(14)12-8-5-7(13(15)16)3-4-9(8)17-2/h3-6H,1-2H3,(H,12,14)/t6-/m1/s1. The largest absolute Gasteiger partial charge is 0.495 e. The molecule has 1 N–H and O–H groups in total. The molecule has 0 radical (unpaired) electrons. The minimum atomic E-state index is -0.737. The van der Waals surface area contributed by atoms with Gasteiger partial charge in [-0.05, 0) is 13.0 Å². The molecule has 7 heteroatoms. The van der Waals surface area contributed by atoms with Crippen molar-refractivity contribution >= 4 is 28.9 Å². The molecule has 0 aliphatic rings. The number of rotatable bonds is 4. The molecule has 0 fully saturated rings. The highest BCUT2D eigenvalue weighted by atomic mass is 35.5. The number of nitrogens with zero attached hydrogens (tertiary/aromatic N) is 1. The summed E-state index contributed by atoms with van der Waals surface area (Å²) in [7, 11) is 1.40. The van der Waals surface area contributed by atoms with E-state index in [-0.39, 0.29) is 11.4 Å². The topological polar surface area (TPSA) is 81.5 Å². The van der Waals surface area contributed by atoms with Gasteiger partial charge in [-0.15, -0.1) is 11.6 Å². The fourth-order valence-corrected chi connectivity index (χ4v) is 1.19. The Labute approximate surface area is 103 Å². The Morgan fingerprint density at radius 2 is 2.24 bits per heavy atom. The van der Waals surface area contributed by atoms with E-state index in [1.165, 1.54) is 32.2 Å². The summed E-state index contributed by atoms with van der Waals surface area (Å²) in [6.45, 7) is 1.50. The number of alkyl halides is 1. The second-order valence-corrected chi connectivity index (χ2v) is 3.90. The van der Waals surface area contributed by atoms with Crippen molar-refractivity contribution in [3.63, 3.8) is 0 Å². The first-order valence-electron chi connectivity index (χ1n) is 4.73. The second kappa shape index (κ2) is 5.49. The summed E-state index contributed by atoms with van der Waals surface area (Å²) in [6.07, 6.45) is 0. The van der Waals surface area contributed by atoms with Crippen LogP contribution in [0.3, 0.4) is 0 Å². The fourth-order valence-electron chi connectivity index (χ4n) is 1.14. The molecule has 0 heterocycles. The van der Waals surface area contributed by atoms with Crippen molar-refractivity contribution in [2.75, 3.05) is 12.4 Å². The van der Waals surface area contributed by atoms with Gasteiger partial charge in [-0.3, -0.25) is 14.9 Å². The second-order valence-electron chi connectivity index (χ2n) is 3.25. The SMILES string of the molecule is COc1ccc([N+](=O)[O-])cc1NC(=O)[C@@H](C)Cl. The van der Waals surface area contributed by atoms with E-state index in [0.717, 1.165) is 0 Å². The lowest BCUT2D eigenvalue weighted by Crippen LogP contribution is -2.20. The zero-order chi connectivity index (χ0) is 13.0. The number of methoxy groups -OCH3 is 1. The lowest BCUT2D eigenvalue weighted by atomic mass is 10.2. The van der Waals surface area contributed by atoms with Gasteiger partial charge in [0.1, 0.15) is 11.1 Å². The van der Waals surface area contributed by atoms with Gasteiger partial charge in [0.2, 0.25) is 5.91 Å². The number of nitrogens with one attached hydrogen (secondary N) is 1. The number of carbonyl (C=O) groups is 1. The van der Waals surface area contributed by atoms with Crippen molar-refractivity contribution in [3.05, 3.63) is 28.3 Å². The summed E-state index contributed by atoms with van der Waals surface area (Å²) in [4.78, 5) is 21.4. The third-order valence-electron chi connectivity index (χ3n) is 2.01. The quantitative estimate of drug-likeness (QED) is 0.510. The van der Waals surface area contributed by atoms with Crippen LogP contribution in [0.2, 0.25) is 0 Å². The monoisotopic (exact) mass is 258 g/mol. The molecule has 92 valence electrons. The zero-order valence-electron chi connectivity index (χ0n) is 9.27. The van der Waals surface area contributed by atoms with E-state index in [1.807, 2.05) is 0 Å². The predicted molar refractivity (Wildman–Crippen MR) is 63.6 cm³/mol. The number of hydrogen-bond acceptors (Lipinski definition) is 4. The first kappa shape index (κ1) is 13.2. The first-order valence-corrected chi connectivity index (χ1v) is 5.16. The summed E-state index contributed by atoms with van der Waals surface area (Å²) in [6, 6.07) is 3.92. The third kappa shape index (κ3) is 3.32. The lowest BCUT2D eigenvalue weighted by molar-refractivity contribution is -0.384. The summed E-state index contributed by atoms with van der Waals surface area (Å²) >= 11 is 5.59. The van der Waals surface area contributed by atoms with Gasteiger partial charge in [0.25, 0.3) is 5.69 Å². The van der Waals surface area contributed by atoms with Crippen molar-refractivity contribution in [1.29, 1.82) is 0 Å². The predicted octanol–water partition coefficient (Wildman–Crippen LogP) is 2.17. The van der Waals surface area contributed by atoms with Crippen molar-refractivity contribution in [1.82, 2.24) is 0 Å². The van der Waals surface area contributed by atoms with Crippen LogP contribution in [0.5, 0.6) is 5.75 Å². The maximum Gasteiger partial charge on any atom is 0.271 e. The zero-order valence-corrected chi connectivity index (χ0v) is 10.0.